The Morgan fingerprint density at radius 3 is 2.60 bits per heavy atom. The standard InChI is InChI=1S/C12H22N4.C10H18N2.C2H6/c1-5-7-10(14-6-2)12-9(3)11(8-13-4)15-16-12;1-3-9-8-12-7-5-4-6-10(12)11(9)2;1-2/h6-7,12-13,15-16H,5,8H2,1-4H3;8,10H,3-7H2,1-2H3;1-2H3/b10-7-,14-6?;;. The minimum atomic E-state index is 0.194. The van der Waals surface area contributed by atoms with E-state index in [9.17, 15) is 0 Å². The second-order valence-electron chi connectivity index (χ2n) is 7.62. The van der Waals surface area contributed by atoms with Crippen molar-refractivity contribution in [2.45, 2.75) is 85.9 Å². The summed E-state index contributed by atoms with van der Waals surface area (Å²) in [7, 11) is 4.17. The average Bonchev–Trinajstić information content (AvgIpc) is 3.30. The average molecular weight is 419 g/mol. The van der Waals surface area contributed by atoms with E-state index in [4.69, 9.17) is 0 Å². The van der Waals surface area contributed by atoms with Gasteiger partial charge in [0.25, 0.3) is 0 Å². The van der Waals surface area contributed by atoms with Crippen LogP contribution in [0.15, 0.2) is 39.9 Å². The third kappa shape index (κ3) is 6.88. The highest BCUT2D eigenvalue weighted by atomic mass is 15.4. The number of hydrogen-bond donors (Lipinski definition) is 3. The van der Waals surface area contributed by atoms with Crippen molar-refractivity contribution in [3.63, 3.8) is 0 Å². The number of hydrazine groups is 1. The molecule has 2 unspecified atom stereocenters. The third-order valence-corrected chi connectivity index (χ3v) is 5.71. The van der Waals surface area contributed by atoms with E-state index >= 15 is 0 Å². The van der Waals surface area contributed by atoms with Gasteiger partial charge in [0.1, 0.15) is 6.17 Å². The van der Waals surface area contributed by atoms with Crippen LogP contribution in [0.1, 0.15) is 73.6 Å². The van der Waals surface area contributed by atoms with Gasteiger partial charge < -0.3 is 20.5 Å². The minimum Gasteiger partial charge on any atom is -0.356 e. The van der Waals surface area contributed by atoms with Gasteiger partial charge >= 0.3 is 0 Å². The van der Waals surface area contributed by atoms with E-state index in [1.54, 1.807) is 0 Å². The van der Waals surface area contributed by atoms with Gasteiger partial charge in [-0.1, -0.05) is 33.8 Å². The zero-order valence-electron chi connectivity index (χ0n) is 20.7. The zero-order chi connectivity index (χ0) is 22.5. The van der Waals surface area contributed by atoms with Crippen LogP contribution in [0.5, 0.6) is 0 Å². The second-order valence-corrected chi connectivity index (χ2v) is 7.62. The molecule has 3 aliphatic rings. The van der Waals surface area contributed by atoms with Crippen LogP contribution < -0.4 is 16.2 Å². The van der Waals surface area contributed by atoms with Crippen molar-refractivity contribution < 1.29 is 0 Å². The largest absolute Gasteiger partial charge is 0.356 e. The summed E-state index contributed by atoms with van der Waals surface area (Å²) in [6.07, 6.45) is 13.3. The molecule has 3 rings (SSSR count). The maximum atomic E-state index is 4.42. The maximum Gasteiger partial charge on any atom is 0.101 e. The first kappa shape index (κ1) is 26.2. The van der Waals surface area contributed by atoms with E-state index in [0.717, 1.165) is 18.7 Å². The molecular weight excluding hydrogens is 372 g/mol. The molecule has 2 atom stereocenters. The van der Waals surface area contributed by atoms with E-state index in [0.29, 0.717) is 6.17 Å². The Morgan fingerprint density at radius 1 is 1.30 bits per heavy atom. The molecular formula is C24H46N6. The van der Waals surface area contributed by atoms with Crippen LogP contribution >= 0.6 is 0 Å². The minimum absolute atomic E-state index is 0.194. The van der Waals surface area contributed by atoms with E-state index in [1.807, 2.05) is 34.0 Å². The Kier molecular flexibility index (Phi) is 12.5. The lowest BCUT2D eigenvalue weighted by molar-refractivity contribution is 0.125. The highest BCUT2D eigenvalue weighted by molar-refractivity contribution is 5.56. The number of rotatable bonds is 6. The van der Waals surface area contributed by atoms with Crippen molar-refractivity contribution in [3.05, 3.63) is 34.9 Å². The SMILES string of the molecule is CC.CC=N/C(=C\CC)C1NNC(CNC)=C1C.CCC1=CN2CCCCC2N1C. The summed E-state index contributed by atoms with van der Waals surface area (Å²) in [5, 5.41) is 3.15. The summed E-state index contributed by atoms with van der Waals surface area (Å²) in [5.74, 6) is 0. The van der Waals surface area contributed by atoms with Gasteiger partial charge in [-0.25, -0.2) is 5.43 Å². The smallest absolute Gasteiger partial charge is 0.101 e. The van der Waals surface area contributed by atoms with Crippen molar-refractivity contribution in [3.8, 4) is 0 Å². The lowest BCUT2D eigenvalue weighted by Gasteiger charge is -2.35. The normalized spacial score (nSPS) is 23.5. The van der Waals surface area contributed by atoms with Gasteiger partial charge in [0.05, 0.1) is 11.7 Å². The maximum absolute atomic E-state index is 4.42. The fourth-order valence-corrected chi connectivity index (χ4v) is 4.12. The summed E-state index contributed by atoms with van der Waals surface area (Å²) in [6, 6.07) is 0.194. The molecule has 0 aromatic heterocycles. The molecule has 3 aliphatic heterocycles. The molecule has 0 amide bonds. The van der Waals surface area contributed by atoms with Gasteiger partial charge in [0, 0.05) is 43.9 Å². The quantitative estimate of drug-likeness (QED) is 0.560. The molecule has 3 N–H and O–H groups in total. The lowest BCUT2D eigenvalue weighted by Crippen LogP contribution is -2.40. The number of fused-ring (bicyclic) bond motifs is 1. The van der Waals surface area contributed by atoms with Crippen molar-refractivity contribution in [2.75, 3.05) is 27.2 Å². The molecule has 0 saturated carbocycles. The first-order valence-electron chi connectivity index (χ1n) is 11.8. The number of likely N-dealkylation sites (N-methyl/N-ethyl adjacent to an activating group) is 1. The summed E-state index contributed by atoms with van der Waals surface area (Å²) >= 11 is 0. The second kappa shape index (κ2) is 14.3. The highest BCUT2D eigenvalue weighted by Crippen LogP contribution is 2.29. The Balaban J connectivity index is 0.000000285. The molecule has 0 aromatic rings. The van der Waals surface area contributed by atoms with Crippen LogP contribution in [-0.2, 0) is 0 Å². The summed E-state index contributed by atoms with van der Waals surface area (Å²) in [6.45, 7) is 14.6. The van der Waals surface area contributed by atoms with Gasteiger partial charge in [-0.15, -0.1) is 0 Å². The molecule has 30 heavy (non-hydrogen) atoms. The first-order chi connectivity index (χ1) is 14.6. The van der Waals surface area contributed by atoms with E-state index in [1.165, 1.54) is 49.2 Å². The van der Waals surface area contributed by atoms with Crippen LogP contribution in [0.25, 0.3) is 0 Å². The first-order valence-corrected chi connectivity index (χ1v) is 11.8. The number of aliphatic imine (C=N–C) groups is 1. The van der Waals surface area contributed by atoms with Crippen LogP contribution in [0.4, 0.5) is 0 Å². The molecule has 6 nitrogen and oxygen atoms in total. The molecule has 0 spiro atoms. The van der Waals surface area contributed by atoms with Gasteiger partial charge in [-0.05, 0) is 58.6 Å². The summed E-state index contributed by atoms with van der Waals surface area (Å²) < 4.78 is 0. The van der Waals surface area contributed by atoms with Gasteiger partial charge in [-0.2, -0.15) is 0 Å². The third-order valence-electron chi connectivity index (χ3n) is 5.71. The van der Waals surface area contributed by atoms with Crippen molar-refractivity contribution in [1.82, 2.24) is 26.0 Å². The lowest BCUT2D eigenvalue weighted by atomic mass is 10.0. The number of piperidine rings is 1. The molecule has 172 valence electrons. The Bertz CT molecular complexity index is 619. The highest BCUT2D eigenvalue weighted by Gasteiger charge is 2.29. The number of allylic oxidation sites excluding steroid dienone is 2. The fraction of sp³-hybridized carbons (Fsp3) is 0.708. The fourth-order valence-electron chi connectivity index (χ4n) is 4.12. The number of nitrogens with zero attached hydrogens (tertiary/aromatic N) is 3. The molecule has 1 saturated heterocycles. The molecule has 0 bridgehead atoms. The summed E-state index contributed by atoms with van der Waals surface area (Å²) in [5.41, 5.74) is 11.6. The number of hydrogen-bond acceptors (Lipinski definition) is 6. The summed E-state index contributed by atoms with van der Waals surface area (Å²) in [4.78, 5) is 9.37. The van der Waals surface area contributed by atoms with Crippen LogP contribution in [-0.4, -0.2) is 55.4 Å². The Hall–Kier alpha value is -1.79. The van der Waals surface area contributed by atoms with E-state index < -0.39 is 0 Å². The molecule has 6 heteroatoms. The molecule has 1 fully saturated rings. The van der Waals surface area contributed by atoms with E-state index in [-0.39, 0.29) is 6.04 Å². The van der Waals surface area contributed by atoms with Crippen LogP contribution in [0, 0.1) is 0 Å². The molecule has 0 radical (unpaired) electrons. The van der Waals surface area contributed by atoms with Gasteiger partial charge in [0.15, 0.2) is 0 Å². The molecule has 0 aromatic carbocycles. The van der Waals surface area contributed by atoms with Crippen LogP contribution in [0.3, 0.4) is 0 Å². The Labute approximate surface area is 185 Å². The predicted octanol–water partition coefficient (Wildman–Crippen LogP) is 4.36. The monoisotopic (exact) mass is 418 g/mol. The van der Waals surface area contributed by atoms with Crippen molar-refractivity contribution in [2.24, 2.45) is 4.99 Å². The molecule has 3 heterocycles. The Morgan fingerprint density at radius 2 is 2.03 bits per heavy atom. The van der Waals surface area contributed by atoms with E-state index in [2.05, 4.69) is 71.1 Å². The molecule has 0 aliphatic carbocycles. The number of nitrogens with one attached hydrogen (secondary N) is 3. The van der Waals surface area contributed by atoms with Gasteiger partial charge in [0.2, 0.25) is 0 Å². The topological polar surface area (TPSA) is 54.9 Å². The van der Waals surface area contributed by atoms with Gasteiger partial charge in [-0.3, -0.25) is 4.99 Å². The predicted molar refractivity (Wildman–Crippen MR) is 131 cm³/mol. The zero-order valence-corrected chi connectivity index (χ0v) is 20.7. The van der Waals surface area contributed by atoms with Crippen molar-refractivity contribution in [1.29, 1.82) is 0 Å². The van der Waals surface area contributed by atoms with Crippen LogP contribution in [0.2, 0.25) is 0 Å². The van der Waals surface area contributed by atoms with Crippen molar-refractivity contribution >= 4 is 6.21 Å².